The lowest BCUT2D eigenvalue weighted by Gasteiger charge is -2.36. The molecule has 0 unspecified atom stereocenters. The molecule has 0 saturated carbocycles. The molecule has 2 heterocycles. The van der Waals surface area contributed by atoms with Crippen molar-refractivity contribution in [2.75, 3.05) is 6.26 Å². The van der Waals surface area contributed by atoms with E-state index in [4.69, 9.17) is 5.10 Å². The molecule has 1 atom stereocenters. The molecule has 1 aromatic carbocycles. The highest BCUT2D eigenvalue weighted by atomic mass is 32.2. The van der Waals surface area contributed by atoms with Gasteiger partial charge in [-0.3, -0.25) is 4.79 Å². The van der Waals surface area contributed by atoms with E-state index in [1.807, 2.05) is 35.3 Å². The summed E-state index contributed by atoms with van der Waals surface area (Å²) in [7, 11) is 0. The second-order valence-corrected chi connectivity index (χ2v) is 9.17. The van der Waals surface area contributed by atoms with E-state index in [0.717, 1.165) is 29.1 Å². The number of rotatable bonds is 4. The van der Waals surface area contributed by atoms with Crippen molar-refractivity contribution in [3.05, 3.63) is 71.2 Å². The molecule has 0 fully saturated rings. The quantitative estimate of drug-likeness (QED) is 0.636. The number of carbonyl (C=O) groups excluding carboxylic acids is 1. The number of hydrogen-bond acceptors (Lipinski definition) is 4. The van der Waals surface area contributed by atoms with Gasteiger partial charge in [0.1, 0.15) is 5.03 Å². The Bertz CT molecular complexity index is 1060. The first-order chi connectivity index (χ1) is 13.9. The zero-order chi connectivity index (χ0) is 20.6. The van der Waals surface area contributed by atoms with E-state index < -0.39 is 0 Å². The molecule has 0 spiro atoms. The molecule has 3 aromatic rings. The minimum atomic E-state index is -0.0836. The number of nitrogens with one attached hydrogen (secondary N) is 1. The van der Waals surface area contributed by atoms with Crippen LogP contribution in [0.2, 0.25) is 0 Å². The van der Waals surface area contributed by atoms with Crippen LogP contribution in [-0.2, 0) is 6.42 Å². The Morgan fingerprint density at radius 3 is 2.79 bits per heavy atom. The van der Waals surface area contributed by atoms with Gasteiger partial charge in [-0.15, -0.1) is 11.8 Å². The summed E-state index contributed by atoms with van der Waals surface area (Å²) in [6.07, 6.45) is 7.37. The van der Waals surface area contributed by atoms with Gasteiger partial charge in [0.25, 0.3) is 5.91 Å². The molecular weight excluding hydrogens is 380 g/mol. The van der Waals surface area contributed by atoms with E-state index >= 15 is 0 Å². The van der Waals surface area contributed by atoms with Gasteiger partial charge in [-0.2, -0.15) is 5.10 Å². The van der Waals surface area contributed by atoms with Crippen LogP contribution < -0.4 is 5.32 Å². The maximum absolute atomic E-state index is 13.1. The van der Waals surface area contributed by atoms with Crippen LogP contribution in [0.1, 0.15) is 53.5 Å². The van der Waals surface area contributed by atoms with E-state index in [9.17, 15) is 4.79 Å². The fraction of sp³-hybridized carbons (Fsp3) is 0.348. The largest absolute Gasteiger partial charge is 0.345 e. The Morgan fingerprint density at radius 2 is 2.03 bits per heavy atom. The number of pyridine rings is 1. The van der Waals surface area contributed by atoms with Crippen LogP contribution in [0, 0.1) is 12.3 Å². The van der Waals surface area contributed by atoms with Crippen LogP contribution in [0.25, 0.3) is 5.69 Å². The summed E-state index contributed by atoms with van der Waals surface area (Å²) in [6.45, 7) is 6.60. The van der Waals surface area contributed by atoms with Crippen molar-refractivity contribution in [3.8, 4) is 5.69 Å². The van der Waals surface area contributed by atoms with Crippen molar-refractivity contribution in [1.29, 1.82) is 0 Å². The third-order valence-electron chi connectivity index (χ3n) is 5.54. The molecule has 1 N–H and O–H groups in total. The standard InChI is InChI=1S/C23H26N4OS/c1-15-8-5-6-10-19(15)27-20-13-23(2,3)12-18(17(20)14-25-27)26-21(28)16-9-7-11-24-22(16)29-4/h5-11,14,18H,12-13H2,1-4H3,(H,26,28)/t18-/m1/s1. The Labute approximate surface area is 175 Å². The van der Waals surface area contributed by atoms with Crippen LogP contribution in [0.3, 0.4) is 0 Å². The number of nitrogens with zero attached hydrogens (tertiary/aromatic N) is 3. The molecule has 0 saturated heterocycles. The van der Waals surface area contributed by atoms with Gasteiger partial charge in [-0.1, -0.05) is 32.0 Å². The molecule has 5 nitrogen and oxygen atoms in total. The van der Waals surface area contributed by atoms with Crippen LogP contribution in [0.15, 0.2) is 53.8 Å². The lowest BCUT2D eigenvalue weighted by atomic mass is 9.74. The maximum atomic E-state index is 13.1. The minimum absolute atomic E-state index is 0.0582. The first kappa shape index (κ1) is 19.7. The monoisotopic (exact) mass is 406 g/mol. The summed E-state index contributed by atoms with van der Waals surface area (Å²) >= 11 is 1.49. The van der Waals surface area contributed by atoms with E-state index in [1.54, 1.807) is 12.3 Å². The molecule has 150 valence electrons. The summed E-state index contributed by atoms with van der Waals surface area (Å²) in [6, 6.07) is 11.8. The minimum Gasteiger partial charge on any atom is -0.345 e. The Kier molecular flexibility index (Phi) is 5.21. The average molecular weight is 407 g/mol. The molecule has 2 aromatic heterocycles. The molecule has 6 heteroatoms. The second-order valence-electron chi connectivity index (χ2n) is 8.38. The molecule has 1 amide bonds. The molecule has 1 aliphatic rings. The van der Waals surface area contributed by atoms with Crippen LogP contribution in [-0.4, -0.2) is 26.9 Å². The Hall–Kier alpha value is -2.60. The fourth-order valence-corrected chi connectivity index (χ4v) is 4.69. The van der Waals surface area contributed by atoms with Gasteiger partial charge in [0.05, 0.1) is 29.2 Å². The van der Waals surface area contributed by atoms with Crippen LogP contribution in [0.4, 0.5) is 0 Å². The van der Waals surface area contributed by atoms with Crippen molar-refractivity contribution in [1.82, 2.24) is 20.1 Å². The van der Waals surface area contributed by atoms with Crippen LogP contribution in [0.5, 0.6) is 0 Å². The number of benzene rings is 1. The van der Waals surface area contributed by atoms with Gasteiger partial charge in [0.15, 0.2) is 0 Å². The van der Waals surface area contributed by atoms with Crippen molar-refractivity contribution in [3.63, 3.8) is 0 Å². The SMILES string of the molecule is CSc1ncccc1C(=O)N[C@@H]1CC(C)(C)Cc2c1cnn2-c1ccccc1C. The van der Waals surface area contributed by atoms with Crippen molar-refractivity contribution >= 4 is 17.7 Å². The molecule has 0 aliphatic heterocycles. The Balaban J connectivity index is 1.70. The number of aromatic nitrogens is 3. The predicted molar refractivity (Wildman–Crippen MR) is 117 cm³/mol. The molecule has 1 aliphatic carbocycles. The smallest absolute Gasteiger partial charge is 0.254 e. The zero-order valence-corrected chi connectivity index (χ0v) is 18.1. The van der Waals surface area contributed by atoms with Gasteiger partial charge < -0.3 is 5.32 Å². The van der Waals surface area contributed by atoms with Gasteiger partial charge in [0, 0.05) is 11.8 Å². The predicted octanol–water partition coefficient (Wildman–Crippen LogP) is 4.74. The van der Waals surface area contributed by atoms with Crippen molar-refractivity contribution in [2.24, 2.45) is 5.41 Å². The molecule has 0 bridgehead atoms. The van der Waals surface area contributed by atoms with Gasteiger partial charge >= 0.3 is 0 Å². The zero-order valence-electron chi connectivity index (χ0n) is 17.3. The number of thioether (sulfide) groups is 1. The highest BCUT2D eigenvalue weighted by Crippen LogP contribution is 2.41. The topological polar surface area (TPSA) is 59.8 Å². The normalized spacial score (nSPS) is 17.6. The van der Waals surface area contributed by atoms with E-state index in [2.05, 4.69) is 43.2 Å². The summed E-state index contributed by atoms with van der Waals surface area (Å²) in [5, 5.41) is 8.71. The Morgan fingerprint density at radius 1 is 1.24 bits per heavy atom. The maximum Gasteiger partial charge on any atom is 0.254 e. The summed E-state index contributed by atoms with van der Waals surface area (Å²) < 4.78 is 2.04. The highest BCUT2D eigenvalue weighted by molar-refractivity contribution is 7.98. The molecular formula is C23H26N4OS. The van der Waals surface area contributed by atoms with Gasteiger partial charge in [0.2, 0.25) is 0 Å². The summed E-state index contributed by atoms with van der Waals surface area (Å²) in [5.41, 5.74) is 5.24. The number of amides is 1. The lowest BCUT2D eigenvalue weighted by Crippen LogP contribution is -2.37. The fourth-order valence-electron chi connectivity index (χ4n) is 4.14. The van der Waals surface area contributed by atoms with Gasteiger partial charge in [-0.05, 0) is 55.2 Å². The van der Waals surface area contributed by atoms with Gasteiger partial charge in [-0.25, -0.2) is 9.67 Å². The van der Waals surface area contributed by atoms with E-state index in [0.29, 0.717) is 5.56 Å². The molecule has 0 radical (unpaired) electrons. The summed E-state index contributed by atoms with van der Waals surface area (Å²) in [5.74, 6) is -0.0836. The average Bonchev–Trinajstić information content (AvgIpc) is 3.10. The summed E-state index contributed by atoms with van der Waals surface area (Å²) in [4.78, 5) is 17.4. The third kappa shape index (κ3) is 3.81. The molecule has 4 rings (SSSR count). The van der Waals surface area contributed by atoms with E-state index in [-0.39, 0.29) is 17.4 Å². The first-order valence-electron chi connectivity index (χ1n) is 9.82. The molecule has 29 heavy (non-hydrogen) atoms. The lowest BCUT2D eigenvalue weighted by molar-refractivity contribution is 0.0915. The van der Waals surface area contributed by atoms with E-state index in [1.165, 1.54) is 23.0 Å². The number of aryl methyl sites for hydroxylation is 1. The first-order valence-corrected chi connectivity index (χ1v) is 11.0. The third-order valence-corrected chi connectivity index (χ3v) is 6.25. The number of hydrogen-bond donors (Lipinski definition) is 1. The van der Waals surface area contributed by atoms with Crippen molar-refractivity contribution < 1.29 is 4.79 Å². The number of para-hydroxylation sites is 1. The number of fused-ring (bicyclic) bond motifs is 1. The highest BCUT2D eigenvalue weighted by Gasteiger charge is 2.36. The number of carbonyl (C=O) groups is 1. The van der Waals surface area contributed by atoms with Crippen molar-refractivity contribution in [2.45, 2.75) is 44.7 Å². The second kappa shape index (κ2) is 7.67. The van der Waals surface area contributed by atoms with Crippen LogP contribution >= 0.6 is 11.8 Å².